The first-order valence-electron chi connectivity index (χ1n) is 5.29. The predicted molar refractivity (Wildman–Crippen MR) is 68.3 cm³/mol. The zero-order chi connectivity index (χ0) is 12.2. The molecule has 1 aromatic carbocycles. The van der Waals surface area contributed by atoms with Crippen LogP contribution < -0.4 is 4.74 Å². The highest BCUT2D eigenvalue weighted by molar-refractivity contribution is 7.85. The molecule has 0 fully saturated rings. The second kappa shape index (κ2) is 5.30. The largest absolute Gasteiger partial charge is 0.484 e. The van der Waals surface area contributed by atoms with Crippen LogP contribution in [0.5, 0.6) is 5.75 Å². The molecule has 0 spiro atoms. The number of rotatable bonds is 5. The topological polar surface area (TPSA) is 26.3 Å². The van der Waals surface area contributed by atoms with E-state index >= 15 is 0 Å². The Labute approximate surface area is 99.8 Å². The van der Waals surface area contributed by atoms with Gasteiger partial charge in [0, 0.05) is 10.6 Å². The molecule has 0 N–H and O–H groups in total. The van der Waals surface area contributed by atoms with E-state index in [1.807, 2.05) is 45.0 Å². The van der Waals surface area contributed by atoms with Crippen molar-refractivity contribution < 1.29 is 8.95 Å². The maximum atomic E-state index is 11.5. The van der Waals surface area contributed by atoms with Gasteiger partial charge in [-0.05, 0) is 44.2 Å². The molecule has 0 saturated carbocycles. The summed E-state index contributed by atoms with van der Waals surface area (Å²) in [6, 6.07) is 7.37. The van der Waals surface area contributed by atoms with Gasteiger partial charge < -0.3 is 4.74 Å². The van der Waals surface area contributed by atoms with Gasteiger partial charge >= 0.3 is 0 Å². The van der Waals surface area contributed by atoms with Crippen molar-refractivity contribution in [2.75, 3.05) is 5.75 Å². The lowest BCUT2D eigenvalue weighted by Crippen LogP contribution is -2.24. The molecule has 16 heavy (non-hydrogen) atoms. The van der Waals surface area contributed by atoms with Crippen molar-refractivity contribution in [1.29, 1.82) is 0 Å². The molecule has 0 aliphatic heterocycles. The van der Waals surface area contributed by atoms with Crippen molar-refractivity contribution in [3.8, 4) is 5.75 Å². The molecule has 1 rings (SSSR count). The highest BCUT2D eigenvalue weighted by Crippen LogP contribution is 2.20. The predicted octanol–water partition coefficient (Wildman–Crippen LogP) is 3.16. The fourth-order valence-electron chi connectivity index (χ4n) is 1.17. The standard InChI is InChI=1S/C13H18O2S/c1-5-13(3,4)15-11-7-9-12(10-8-11)16(14)6-2/h5,7-10H,1,6H2,2-4H3. The van der Waals surface area contributed by atoms with Gasteiger partial charge in [-0.3, -0.25) is 4.21 Å². The molecule has 0 bridgehead atoms. The first-order chi connectivity index (χ1) is 7.48. The Morgan fingerprint density at radius 3 is 2.38 bits per heavy atom. The van der Waals surface area contributed by atoms with E-state index in [-0.39, 0.29) is 5.60 Å². The van der Waals surface area contributed by atoms with Gasteiger partial charge in [0.15, 0.2) is 0 Å². The maximum absolute atomic E-state index is 11.5. The summed E-state index contributed by atoms with van der Waals surface area (Å²) >= 11 is 0. The quantitative estimate of drug-likeness (QED) is 0.737. The van der Waals surface area contributed by atoms with E-state index in [2.05, 4.69) is 6.58 Å². The van der Waals surface area contributed by atoms with Gasteiger partial charge in [0.05, 0.1) is 10.8 Å². The van der Waals surface area contributed by atoms with E-state index in [0.29, 0.717) is 5.75 Å². The molecular weight excluding hydrogens is 220 g/mol. The molecule has 0 aliphatic rings. The summed E-state index contributed by atoms with van der Waals surface area (Å²) in [7, 11) is -0.899. The normalized spacial score (nSPS) is 13.2. The molecule has 0 aromatic heterocycles. The van der Waals surface area contributed by atoms with Crippen LogP contribution in [0.25, 0.3) is 0 Å². The Bertz CT molecular complexity index is 379. The van der Waals surface area contributed by atoms with Gasteiger partial charge in [0.25, 0.3) is 0 Å². The molecule has 88 valence electrons. The van der Waals surface area contributed by atoms with Gasteiger partial charge in [-0.2, -0.15) is 0 Å². The van der Waals surface area contributed by atoms with Gasteiger partial charge in [-0.1, -0.05) is 13.5 Å². The third-order valence-corrected chi connectivity index (χ3v) is 3.54. The lowest BCUT2D eigenvalue weighted by Gasteiger charge is -2.22. The molecule has 0 radical (unpaired) electrons. The van der Waals surface area contributed by atoms with Crippen LogP contribution in [0.2, 0.25) is 0 Å². The van der Waals surface area contributed by atoms with Gasteiger partial charge in [0.2, 0.25) is 0 Å². The zero-order valence-corrected chi connectivity index (χ0v) is 10.8. The highest BCUT2D eigenvalue weighted by atomic mass is 32.2. The molecule has 0 heterocycles. The highest BCUT2D eigenvalue weighted by Gasteiger charge is 2.14. The minimum absolute atomic E-state index is 0.384. The fourth-order valence-corrected chi connectivity index (χ4v) is 1.94. The minimum Gasteiger partial charge on any atom is -0.484 e. The fraction of sp³-hybridized carbons (Fsp3) is 0.385. The lowest BCUT2D eigenvalue weighted by molar-refractivity contribution is 0.162. The molecule has 1 aromatic rings. The van der Waals surface area contributed by atoms with Crippen molar-refractivity contribution in [2.45, 2.75) is 31.3 Å². The Morgan fingerprint density at radius 1 is 1.38 bits per heavy atom. The smallest absolute Gasteiger partial charge is 0.121 e. The summed E-state index contributed by atoms with van der Waals surface area (Å²) < 4.78 is 17.2. The second-order valence-electron chi connectivity index (χ2n) is 4.02. The van der Waals surface area contributed by atoms with Crippen molar-refractivity contribution >= 4 is 10.8 Å². The van der Waals surface area contributed by atoms with Crippen LogP contribution in [0.1, 0.15) is 20.8 Å². The van der Waals surface area contributed by atoms with E-state index < -0.39 is 10.8 Å². The molecule has 0 saturated heterocycles. The minimum atomic E-state index is -0.899. The van der Waals surface area contributed by atoms with E-state index in [1.165, 1.54) is 0 Å². The first kappa shape index (κ1) is 13.0. The second-order valence-corrected chi connectivity index (χ2v) is 5.76. The van der Waals surface area contributed by atoms with Crippen LogP contribution in [0.15, 0.2) is 41.8 Å². The number of ether oxygens (including phenoxy) is 1. The molecule has 0 aliphatic carbocycles. The molecular formula is C13H18O2S. The molecule has 3 heteroatoms. The van der Waals surface area contributed by atoms with Crippen molar-refractivity contribution in [3.05, 3.63) is 36.9 Å². The zero-order valence-electron chi connectivity index (χ0n) is 10.0. The molecule has 1 atom stereocenters. The van der Waals surface area contributed by atoms with E-state index in [1.54, 1.807) is 6.08 Å². The SMILES string of the molecule is C=CC(C)(C)Oc1ccc(S(=O)CC)cc1. The van der Waals surface area contributed by atoms with Crippen molar-refractivity contribution in [3.63, 3.8) is 0 Å². The lowest BCUT2D eigenvalue weighted by atomic mass is 10.1. The Kier molecular flexibility index (Phi) is 4.30. The average molecular weight is 238 g/mol. The van der Waals surface area contributed by atoms with Crippen LogP contribution in [0.4, 0.5) is 0 Å². The van der Waals surface area contributed by atoms with E-state index in [4.69, 9.17) is 4.74 Å². The number of benzene rings is 1. The molecule has 1 unspecified atom stereocenters. The Balaban J connectivity index is 2.79. The molecule has 0 amide bonds. The molecule has 2 nitrogen and oxygen atoms in total. The number of hydrogen-bond acceptors (Lipinski definition) is 2. The third kappa shape index (κ3) is 3.49. The van der Waals surface area contributed by atoms with Gasteiger partial charge in [0.1, 0.15) is 11.4 Å². The third-order valence-electron chi connectivity index (χ3n) is 2.22. The van der Waals surface area contributed by atoms with Crippen molar-refractivity contribution in [1.82, 2.24) is 0 Å². The first-order valence-corrected chi connectivity index (χ1v) is 6.61. The van der Waals surface area contributed by atoms with E-state index in [9.17, 15) is 4.21 Å². The maximum Gasteiger partial charge on any atom is 0.121 e. The van der Waals surface area contributed by atoms with Gasteiger partial charge in [-0.15, -0.1) is 0 Å². The Morgan fingerprint density at radius 2 is 1.94 bits per heavy atom. The van der Waals surface area contributed by atoms with E-state index in [0.717, 1.165) is 10.6 Å². The number of hydrogen-bond donors (Lipinski definition) is 0. The summed E-state index contributed by atoms with van der Waals surface area (Å²) in [6.07, 6.45) is 1.76. The van der Waals surface area contributed by atoms with Crippen LogP contribution in [-0.4, -0.2) is 15.6 Å². The summed E-state index contributed by atoms with van der Waals surface area (Å²) in [5.74, 6) is 1.40. The van der Waals surface area contributed by atoms with Gasteiger partial charge in [-0.25, -0.2) is 0 Å². The Hall–Kier alpha value is -1.09. The van der Waals surface area contributed by atoms with Crippen LogP contribution in [0, 0.1) is 0 Å². The van der Waals surface area contributed by atoms with Crippen LogP contribution >= 0.6 is 0 Å². The van der Waals surface area contributed by atoms with Crippen molar-refractivity contribution in [2.24, 2.45) is 0 Å². The monoisotopic (exact) mass is 238 g/mol. The summed E-state index contributed by atoms with van der Waals surface area (Å²) in [5, 5.41) is 0. The summed E-state index contributed by atoms with van der Waals surface area (Å²) in [4.78, 5) is 0.839. The summed E-state index contributed by atoms with van der Waals surface area (Å²) in [5.41, 5.74) is -0.384. The van der Waals surface area contributed by atoms with Crippen LogP contribution in [-0.2, 0) is 10.8 Å². The average Bonchev–Trinajstić information content (AvgIpc) is 2.28. The summed E-state index contributed by atoms with van der Waals surface area (Å²) in [6.45, 7) is 9.50. The van der Waals surface area contributed by atoms with Crippen LogP contribution in [0.3, 0.4) is 0 Å².